The Hall–Kier alpha value is -1.55. The average molecular weight is 358 g/mol. The van der Waals surface area contributed by atoms with E-state index in [0.29, 0.717) is 5.92 Å². The van der Waals surface area contributed by atoms with E-state index in [4.69, 9.17) is 9.73 Å². The van der Waals surface area contributed by atoms with Crippen LogP contribution in [0.4, 0.5) is 0 Å². The fourth-order valence-corrected chi connectivity index (χ4v) is 4.29. The van der Waals surface area contributed by atoms with E-state index in [1.165, 1.54) is 37.7 Å². The minimum Gasteiger partial charge on any atom is -0.381 e. The van der Waals surface area contributed by atoms with Gasteiger partial charge < -0.3 is 15.0 Å². The van der Waals surface area contributed by atoms with Crippen LogP contribution in [-0.2, 0) is 4.74 Å². The van der Waals surface area contributed by atoms with Crippen LogP contribution >= 0.6 is 0 Å². The van der Waals surface area contributed by atoms with Crippen LogP contribution in [0.1, 0.15) is 50.5 Å². The minimum absolute atomic E-state index is 0.644. The molecule has 0 radical (unpaired) electrons. The summed E-state index contributed by atoms with van der Waals surface area (Å²) >= 11 is 0. The Morgan fingerprint density at radius 2 is 1.88 bits per heavy atom. The van der Waals surface area contributed by atoms with Gasteiger partial charge in [-0.2, -0.15) is 0 Å². The van der Waals surface area contributed by atoms with Crippen LogP contribution < -0.4 is 5.32 Å². The second-order valence-electron chi connectivity index (χ2n) is 7.93. The first-order chi connectivity index (χ1) is 12.8. The highest BCUT2D eigenvalue weighted by atomic mass is 16.5. The lowest BCUT2D eigenvalue weighted by atomic mass is 9.79. The second-order valence-corrected chi connectivity index (χ2v) is 7.93. The van der Waals surface area contributed by atoms with Gasteiger partial charge in [0, 0.05) is 39.2 Å². The standard InChI is InChI=1S/C22H35N3O/c1-3-23-22(25(2)16-19-13-14-26-17-19)24-15-18-9-11-21(12-10-18)20-7-5-4-6-8-20/h4-8,18-19,21H,3,9-17H2,1-2H3,(H,23,24). The van der Waals surface area contributed by atoms with Crippen molar-refractivity contribution in [1.29, 1.82) is 0 Å². The van der Waals surface area contributed by atoms with E-state index in [1.807, 2.05) is 0 Å². The lowest BCUT2D eigenvalue weighted by molar-refractivity contribution is 0.181. The Morgan fingerprint density at radius 3 is 2.54 bits per heavy atom. The molecule has 0 aromatic heterocycles. The van der Waals surface area contributed by atoms with Gasteiger partial charge in [0.05, 0.1) is 6.61 Å². The number of nitrogens with zero attached hydrogens (tertiary/aromatic N) is 2. The van der Waals surface area contributed by atoms with Gasteiger partial charge in [-0.05, 0) is 56.4 Å². The molecule has 26 heavy (non-hydrogen) atoms. The van der Waals surface area contributed by atoms with E-state index in [-0.39, 0.29) is 0 Å². The van der Waals surface area contributed by atoms with Crippen LogP contribution in [0.15, 0.2) is 35.3 Å². The number of hydrogen-bond donors (Lipinski definition) is 1. The summed E-state index contributed by atoms with van der Waals surface area (Å²) in [6.45, 7) is 6.87. The Morgan fingerprint density at radius 1 is 1.12 bits per heavy atom. The number of hydrogen-bond acceptors (Lipinski definition) is 2. The quantitative estimate of drug-likeness (QED) is 0.620. The molecule has 2 fully saturated rings. The summed E-state index contributed by atoms with van der Waals surface area (Å²) in [5.41, 5.74) is 1.52. The average Bonchev–Trinajstić information content (AvgIpc) is 3.19. The topological polar surface area (TPSA) is 36.9 Å². The van der Waals surface area contributed by atoms with Gasteiger partial charge in [0.2, 0.25) is 0 Å². The van der Waals surface area contributed by atoms with Crippen molar-refractivity contribution >= 4 is 5.96 Å². The zero-order chi connectivity index (χ0) is 18.2. The molecule has 1 saturated heterocycles. The summed E-state index contributed by atoms with van der Waals surface area (Å²) in [4.78, 5) is 7.26. The molecule has 1 aromatic rings. The summed E-state index contributed by atoms with van der Waals surface area (Å²) in [7, 11) is 2.16. The molecule has 1 aromatic carbocycles. The van der Waals surface area contributed by atoms with E-state index >= 15 is 0 Å². The normalized spacial score (nSPS) is 26.7. The molecule has 4 nitrogen and oxygen atoms in total. The van der Waals surface area contributed by atoms with Crippen molar-refractivity contribution in [2.24, 2.45) is 16.8 Å². The van der Waals surface area contributed by atoms with E-state index in [0.717, 1.165) is 50.6 Å². The number of nitrogens with one attached hydrogen (secondary N) is 1. The predicted octanol–water partition coefficient (Wildman–Crippen LogP) is 3.89. The molecule has 0 bridgehead atoms. The van der Waals surface area contributed by atoms with Crippen molar-refractivity contribution in [2.75, 3.05) is 39.9 Å². The summed E-state index contributed by atoms with van der Waals surface area (Å²) < 4.78 is 5.51. The molecule has 1 aliphatic heterocycles. The Labute approximate surface area is 159 Å². The highest BCUT2D eigenvalue weighted by molar-refractivity contribution is 5.79. The Kier molecular flexibility index (Phi) is 7.36. The fraction of sp³-hybridized carbons (Fsp3) is 0.682. The molecular formula is C22H35N3O. The maximum Gasteiger partial charge on any atom is 0.193 e. The van der Waals surface area contributed by atoms with Crippen molar-refractivity contribution < 1.29 is 4.74 Å². The maximum absolute atomic E-state index is 5.51. The van der Waals surface area contributed by atoms with Crippen LogP contribution in [0.5, 0.6) is 0 Å². The molecule has 1 heterocycles. The molecule has 1 saturated carbocycles. The number of rotatable bonds is 6. The maximum atomic E-state index is 5.51. The first-order valence-corrected chi connectivity index (χ1v) is 10.4. The number of guanidine groups is 1. The molecule has 2 aliphatic rings. The van der Waals surface area contributed by atoms with Crippen molar-refractivity contribution in [3.8, 4) is 0 Å². The third-order valence-corrected chi connectivity index (χ3v) is 5.87. The van der Waals surface area contributed by atoms with E-state index in [2.05, 4.69) is 54.5 Å². The van der Waals surface area contributed by atoms with Crippen LogP contribution in [0.25, 0.3) is 0 Å². The SMILES string of the molecule is CCNC(=NCC1CCC(c2ccccc2)CC1)N(C)CC1CCOC1. The van der Waals surface area contributed by atoms with Crippen LogP contribution in [0.3, 0.4) is 0 Å². The van der Waals surface area contributed by atoms with Crippen LogP contribution in [-0.4, -0.2) is 50.8 Å². The minimum atomic E-state index is 0.644. The first kappa shape index (κ1) is 19.2. The highest BCUT2D eigenvalue weighted by Crippen LogP contribution is 2.35. The van der Waals surface area contributed by atoms with Gasteiger partial charge in [-0.25, -0.2) is 0 Å². The molecule has 1 atom stereocenters. The predicted molar refractivity (Wildman–Crippen MR) is 109 cm³/mol. The molecule has 1 aliphatic carbocycles. The molecule has 1 unspecified atom stereocenters. The van der Waals surface area contributed by atoms with Crippen LogP contribution in [0.2, 0.25) is 0 Å². The largest absolute Gasteiger partial charge is 0.381 e. The molecule has 1 N–H and O–H groups in total. The van der Waals surface area contributed by atoms with Gasteiger partial charge in [-0.1, -0.05) is 30.3 Å². The third kappa shape index (κ3) is 5.47. The second kappa shape index (κ2) is 9.96. The zero-order valence-electron chi connectivity index (χ0n) is 16.5. The van der Waals surface area contributed by atoms with Gasteiger partial charge in [-0.3, -0.25) is 4.99 Å². The number of aliphatic imine (C=N–C) groups is 1. The fourth-order valence-electron chi connectivity index (χ4n) is 4.29. The van der Waals surface area contributed by atoms with Gasteiger partial charge in [-0.15, -0.1) is 0 Å². The lowest BCUT2D eigenvalue weighted by Gasteiger charge is -2.29. The van der Waals surface area contributed by atoms with Gasteiger partial charge in [0.1, 0.15) is 0 Å². The molecule has 3 rings (SSSR count). The summed E-state index contributed by atoms with van der Waals surface area (Å²) in [5, 5.41) is 3.47. The number of benzene rings is 1. The molecule has 0 amide bonds. The summed E-state index contributed by atoms with van der Waals surface area (Å²) in [5.74, 6) is 3.18. The smallest absolute Gasteiger partial charge is 0.193 e. The van der Waals surface area contributed by atoms with Gasteiger partial charge in [0.25, 0.3) is 0 Å². The lowest BCUT2D eigenvalue weighted by Crippen LogP contribution is -2.41. The zero-order valence-corrected chi connectivity index (χ0v) is 16.5. The summed E-state index contributed by atoms with van der Waals surface area (Å²) in [6, 6.07) is 11.0. The monoisotopic (exact) mass is 357 g/mol. The molecule has 0 spiro atoms. The van der Waals surface area contributed by atoms with Gasteiger partial charge >= 0.3 is 0 Å². The van der Waals surface area contributed by atoms with Gasteiger partial charge in [0.15, 0.2) is 5.96 Å². The third-order valence-electron chi connectivity index (χ3n) is 5.87. The van der Waals surface area contributed by atoms with Crippen molar-refractivity contribution in [3.05, 3.63) is 35.9 Å². The van der Waals surface area contributed by atoms with E-state index in [1.54, 1.807) is 0 Å². The van der Waals surface area contributed by atoms with E-state index < -0.39 is 0 Å². The Balaban J connectivity index is 1.48. The first-order valence-electron chi connectivity index (χ1n) is 10.4. The number of ether oxygens (including phenoxy) is 1. The molecular weight excluding hydrogens is 322 g/mol. The van der Waals surface area contributed by atoms with Crippen LogP contribution in [0, 0.1) is 11.8 Å². The highest BCUT2D eigenvalue weighted by Gasteiger charge is 2.23. The van der Waals surface area contributed by atoms with E-state index in [9.17, 15) is 0 Å². The van der Waals surface area contributed by atoms with Crippen molar-refractivity contribution in [1.82, 2.24) is 10.2 Å². The molecule has 144 valence electrons. The molecule has 4 heteroatoms. The van der Waals surface area contributed by atoms with Crippen molar-refractivity contribution in [3.63, 3.8) is 0 Å². The summed E-state index contributed by atoms with van der Waals surface area (Å²) in [6.07, 6.45) is 6.37. The Bertz CT molecular complexity index is 546. The van der Waals surface area contributed by atoms with Crippen molar-refractivity contribution in [2.45, 2.75) is 44.9 Å².